The van der Waals surface area contributed by atoms with Crippen molar-refractivity contribution in [2.24, 2.45) is 0 Å². The normalized spacial score (nSPS) is 24.1. The number of hydrogen-bond acceptors (Lipinski definition) is 3. The van der Waals surface area contributed by atoms with E-state index < -0.39 is 11.6 Å². The Morgan fingerprint density at radius 3 is 2.61 bits per heavy atom. The van der Waals surface area contributed by atoms with Gasteiger partial charge >= 0.3 is 5.97 Å². The van der Waals surface area contributed by atoms with Crippen LogP contribution in [0.1, 0.15) is 6.92 Å². The van der Waals surface area contributed by atoms with Crippen LogP contribution in [-0.4, -0.2) is 35.7 Å². The van der Waals surface area contributed by atoms with Gasteiger partial charge in [0.05, 0.1) is 6.54 Å². The lowest BCUT2D eigenvalue weighted by molar-refractivity contribution is -0.168. The highest BCUT2D eigenvalue weighted by molar-refractivity contribution is 6.30. The van der Waals surface area contributed by atoms with E-state index in [2.05, 4.69) is 0 Å². The number of morpholine rings is 1. The molecule has 1 amide bonds. The molecule has 1 aromatic carbocycles. The van der Waals surface area contributed by atoms with Crippen LogP contribution in [0.5, 0.6) is 0 Å². The molecule has 18 heavy (non-hydrogen) atoms. The van der Waals surface area contributed by atoms with Crippen LogP contribution in [0.25, 0.3) is 0 Å². The molecule has 1 aromatic rings. The van der Waals surface area contributed by atoms with Crippen molar-refractivity contribution in [1.82, 2.24) is 0 Å². The number of benzene rings is 1. The number of anilines is 1. The second kappa shape index (κ2) is 4.59. The van der Waals surface area contributed by atoms with Crippen LogP contribution in [0.3, 0.4) is 0 Å². The van der Waals surface area contributed by atoms with E-state index in [0.717, 1.165) is 0 Å². The highest BCUT2D eigenvalue weighted by Crippen LogP contribution is 2.25. The third-order valence-corrected chi connectivity index (χ3v) is 3.12. The molecular formula is C12H12ClNO4. The molecule has 1 unspecified atom stereocenters. The molecular weight excluding hydrogens is 258 g/mol. The lowest BCUT2D eigenvalue weighted by atomic mass is 10.0. The molecule has 5 nitrogen and oxygen atoms in total. The van der Waals surface area contributed by atoms with E-state index in [-0.39, 0.29) is 19.1 Å². The molecule has 0 spiro atoms. The first-order chi connectivity index (χ1) is 8.42. The fourth-order valence-corrected chi connectivity index (χ4v) is 1.85. The number of ether oxygens (including phenoxy) is 1. The van der Waals surface area contributed by atoms with Crippen LogP contribution in [0, 0.1) is 0 Å². The maximum absolute atomic E-state index is 11.8. The second-order valence-electron chi connectivity index (χ2n) is 4.28. The van der Waals surface area contributed by atoms with Gasteiger partial charge in [0, 0.05) is 10.7 Å². The number of hydrogen-bond donors (Lipinski definition) is 1. The Kier molecular flexibility index (Phi) is 3.28. The number of carboxylic acid groups (broad SMARTS) is 1. The average Bonchev–Trinajstić information content (AvgIpc) is 2.33. The summed E-state index contributed by atoms with van der Waals surface area (Å²) in [5.41, 5.74) is -0.770. The first-order valence-corrected chi connectivity index (χ1v) is 5.73. The van der Waals surface area contributed by atoms with Gasteiger partial charge in [-0.05, 0) is 31.2 Å². The van der Waals surface area contributed by atoms with E-state index >= 15 is 0 Å². The minimum Gasteiger partial charge on any atom is -0.479 e. The number of carbonyl (C=O) groups excluding carboxylic acids is 1. The van der Waals surface area contributed by atoms with Gasteiger partial charge in [-0.3, -0.25) is 4.79 Å². The van der Waals surface area contributed by atoms with Crippen LogP contribution in [0.2, 0.25) is 5.02 Å². The van der Waals surface area contributed by atoms with Gasteiger partial charge in [-0.25, -0.2) is 4.79 Å². The van der Waals surface area contributed by atoms with Crippen molar-refractivity contribution in [3.63, 3.8) is 0 Å². The maximum Gasteiger partial charge on any atom is 0.337 e. The zero-order valence-electron chi connectivity index (χ0n) is 9.72. The van der Waals surface area contributed by atoms with E-state index in [1.807, 2.05) is 0 Å². The van der Waals surface area contributed by atoms with E-state index in [9.17, 15) is 9.59 Å². The fourth-order valence-electron chi connectivity index (χ4n) is 1.72. The first kappa shape index (κ1) is 12.9. The Bertz CT molecular complexity index is 487. The van der Waals surface area contributed by atoms with E-state index in [0.29, 0.717) is 10.7 Å². The highest BCUT2D eigenvalue weighted by Gasteiger charge is 2.42. The van der Waals surface area contributed by atoms with Gasteiger partial charge < -0.3 is 14.7 Å². The van der Waals surface area contributed by atoms with Crippen molar-refractivity contribution >= 4 is 29.2 Å². The average molecular weight is 270 g/mol. The number of carbonyl (C=O) groups is 2. The zero-order chi connectivity index (χ0) is 13.3. The maximum atomic E-state index is 11.8. The lowest BCUT2D eigenvalue weighted by Crippen LogP contribution is -2.57. The van der Waals surface area contributed by atoms with Crippen molar-refractivity contribution in [2.45, 2.75) is 12.5 Å². The highest BCUT2D eigenvalue weighted by atomic mass is 35.5. The largest absolute Gasteiger partial charge is 0.479 e. The topological polar surface area (TPSA) is 66.8 Å². The summed E-state index contributed by atoms with van der Waals surface area (Å²) in [6, 6.07) is 6.65. The Morgan fingerprint density at radius 1 is 1.44 bits per heavy atom. The number of rotatable bonds is 2. The molecule has 2 rings (SSSR count). The molecule has 1 fully saturated rings. The second-order valence-corrected chi connectivity index (χ2v) is 4.72. The first-order valence-electron chi connectivity index (χ1n) is 5.36. The van der Waals surface area contributed by atoms with Gasteiger partial charge in [-0.15, -0.1) is 0 Å². The monoisotopic (exact) mass is 269 g/mol. The molecule has 1 aliphatic rings. The summed E-state index contributed by atoms with van der Waals surface area (Å²) >= 11 is 5.77. The van der Waals surface area contributed by atoms with Crippen molar-refractivity contribution in [1.29, 1.82) is 0 Å². The lowest BCUT2D eigenvalue weighted by Gasteiger charge is -2.37. The molecule has 1 saturated heterocycles. The number of amides is 1. The quantitative estimate of drug-likeness (QED) is 0.884. The Balaban J connectivity index is 2.28. The van der Waals surface area contributed by atoms with Gasteiger partial charge in [-0.1, -0.05) is 11.6 Å². The van der Waals surface area contributed by atoms with E-state index in [1.165, 1.54) is 11.8 Å². The summed E-state index contributed by atoms with van der Waals surface area (Å²) in [6.07, 6.45) is 0. The van der Waals surface area contributed by atoms with Crippen molar-refractivity contribution in [2.75, 3.05) is 18.1 Å². The minimum atomic E-state index is -1.38. The Morgan fingerprint density at radius 2 is 2.06 bits per heavy atom. The van der Waals surface area contributed by atoms with Crippen molar-refractivity contribution in [3.8, 4) is 0 Å². The molecule has 1 aliphatic heterocycles. The standard InChI is InChI=1S/C12H12ClNO4/c1-12(11(16)17)7-14(10(15)6-18-12)9-4-2-8(13)3-5-9/h2-5H,6-7H2,1H3,(H,16,17). The van der Waals surface area contributed by atoms with Gasteiger partial charge in [-0.2, -0.15) is 0 Å². The van der Waals surface area contributed by atoms with Crippen LogP contribution < -0.4 is 4.90 Å². The van der Waals surface area contributed by atoms with Crippen LogP contribution in [0.4, 0.5) is 5.69 Å². The predicted molar refractivity (Wildman–Crippen MR) is 65.8 cm³/mol. The van der Waals surface area contributed by atoms with Crippen LogP contribution >= 0.6 is 11.6 Å². The Labute approximate surface area is 109 Å². The number of carboxylic acids is 1. The SMILES string of the molecule is CC1(C(=O)O)CN(c2ccc(Cl)cc2)C(=O)CO1. The smallest absolute Gasteiger partial charge is 0.337 e. The molecule has 0 saturated carbocycles. The molecule has 0 aliphatic carbocycles. The summed E-state index contributed by atoms with van der Waals surface area (Å²) in [6.45, 7) is 1.18. The molecule has 96 valence electrons. The van der Waals surface area contributed by atoms with Gasteiger partial charge in [0.2, 0.25) is 0 Å². The number of aliphatic carboxylic acids is 1. The van der Waals surface area contributed by atoms with Gasteiger partial charge in [0.25, 0.3) is 5.91 Å². The summed E-state index contributed by atoms with van der Waals surface area (Å²) in [5.74, 6) is -1.36. The van der Waals surface area contributed by atoms with E-state index in [4.69, 9.17) is 21.4 Å². The van der Waals surface area contributed by atoms with Crippen LogP contribution in [0.15, 0.2) is 24.3 Å². The van der Waals surface area contributed by atoms with Gasteiger partial charge in [0.15, 0.2) is 5.60 Å². The third kappa shape index (κ3) is 2.32. The molecule has 0 aromatic heterocycles. The van der Waals surface area contributed by atoms with Gasteiger partial charge in [0.1, 0.15) is 6.61 Å². The number of halogens is 1. The fraction of sp³-hybridized carbons (Fsp3) is 0.333. The minimum absolute atomic E-state index is 0.0250. The summed E-state index contributed by atoms with van der Waals surface area (Å²) in [7, 11) is 0. The molecule has 1 N–H and O–H groups in total. The third-order valence-electron chi connectivity index (χ3n) is 2.87. The zero-order valence-corrected chi connectivity index (χ0v) is 10.5. The molecule has 0 bridgehead atoms. The predicted octanol–water partition coefficient (Wildman–Crippen LogP) is 1.55. The number of nitrogens with zero attached hydrogens (tertiary/aromatic N) is 1. The van der Waals surface area contributed by atoms with Crippen molar-refractivity contribution in [3.05, 3.63) is 29.3 Å². The molecule has 0 radical (unpaired) electrons. The molecule has 1 heterocycles. The molecule has 1 atom stereocenters. The Hall–Kier alpha value is -1.59. The summed E-state index contributed by atoms with van der Waals surface area (Å²) in [5, 5.41) is 9.66. The summed E-state index contributed by atoms with van der Waals surface area (Å²) in [4.78, 5) is 24.3. The van der Waals surface area contributed by atoms with Crippen molar-refractivity contribution < 1.29 is 19.4 Å². The van der Waals surface area contributed by atoms with E-state index in [1.54, 1.807) is 24.3 Å². The summed E-state index contributed by atoms with van der Waals surface area (Å²) < 4.78 is 5.10. The van der Waals surface area contributed by atoms with Crippen LogP contribution in [-0.2, 0) is 14.3 Å². The molecule has 6 heteroatoms.